The van der Waals surface area contributed by atoms with Crippen LogP contribution in [0.25, 0.3) is 0 Å². The molecular formula is C27H43NaO7S. The zero-order valence-corrected chi connectivity index (χ0v) is 25.1. The molecule has 9 heteroatoms. The van der Waals surface area contributed by atoms with Gasteiger partial charge in [0.1, 0.15) is 0 Å². The maximum atomic E-state index is 12.4. The van der Waals surface area contributed by atoms with Gasteiger partial charge in [-0.25, -0.2) is 18.0 Å². The van der Waals surface area contributed by atoms with Crippen molar-refractivity contribution in [2.75, 3.05) is 19.0 Å². The van der Waals surface area contributed by atoms with Crippen molar-refractivity contribution in [3.05, 3.63) is 35.4 Å². The fraction of sp³-hybridized carbons (Fsp3) is 0.704. The summed E-state index contributed by atoms with van der Waals surface area (Å²) in [5, 5.41) is 0. The Morgan fingerprint density at radius 1 is 0.667 bits per heavy atom. The second kappa shape index (κ2) is 22.1. The summed E-state index contributed by atoms with van der Waals surface area (Å²) >= 11 is 0. The van der Waals surface area contributed by atoms with Crippen LogP contribution < -0.4 is 29.6 Å². The van der Waals surface area contributed by atoms with E-state index >= 15 is 0 Å². The molecule has 7 nitrogen and oxygen atoms in total. The van der Waals surface area contributed by atoms with Crippen LogP contribution in [0.4, 0.5) is 0 Å². The predicted octanol–water partition coefficient (Wildman–Crippen LogP) is 3.42. The van der Waals surface area contributed by atoms with Crippen molar-refractivity contribution >= 4 is 22.1 Å². The normalized spacial score (nSPS) is 11.1. The number of esters is 2. The topological polar surface area (TPSA) is 110 Å². The Morgan fingerprint density at radius 3 is 1.42 bits per heavy atom. The molecule has 0 spiro atoms. The van der Waals surface area contributed by atoms with Gasteiger partial charge in [-0.2, -0.15) is 0 Å². The van der Waals surface area contributed by atoms with Crippen LogP contribution in [0.2, 0.25) is 0 Å². The monoisotopic (exact) mass is 534 g/mol. The molecule has 0 N–H and O–H groups in total. The Kier molecular flexibility index (Phi) is 21.5. The molecule has 0 unspecified atom stereocenters. The van der Waals surface area contributed by atoms with Gasteiger partial charge in [0.15, 0.2) is 0 Å². The molecule has 0 fully saturated rings. The van der Waals surface area contributed by atoms with Crippen LogP contribution in [-0.2, 0) is 19.6 Å². The first-order valence-corrected chi connectivity index (χ1v) is 14.8. The van der Waals surface area contributed by atoms with Crippen LogP contribution in [0.15, 0.2) is 24.3 Å². The van der Waals surface area contributed by atoms with E-state index in [0.717, 1.165) is 19.3 Å². The van der Waals surface area contributed by atoms with Crippen molar-refractivity contribution in [3.63, 3.8) is 0 Å². The summed E-state index contributed by atoms with van der Waals surface area (Å²) in [6.45, 7) is 2.52. The number of carbonyl (C=O) groups excluding carboxylic acids is 2. The predicted molar refractivity (Wildman–Crippen MR) is 137 cm³/mol. The minimum absolute atomic E-state index is 0. The maximum absolute atomic E-state index is 12.4. The van der Waals surface area contributed by atoms with Crippen LogP contribution in [0.1, 0.15) is 124 Å². The molecule has 0 amide bonds. The van der Waals surface area contributed by atoms with Gasteiger partial charge in [-0.1, -0.05) is 96.1 Å². The Labute approximate surface area is 240 Å². The first kappa shape index (κ1) is 35.1. The van der Waals surface area contributed by atoms with Gasteiger partial charge in [0, 0.05) is 5.75 Å². The van der Waals surface area contributed by atoms with Crippen LogP contribution in [0, 0.1) is 0 Å². The molecule has 36 heavy (non-hydrogen) atoms. The molecule has 0 saturated heterocycles. The smallest absolute Gasteiger partial charge is 0.748 e. The SMILES string of the molecule is CCCCCCCCCCCCCCCOC(=O)c1ccccc1C(=O)OCCCCS(=O)(=O)[O-].[Na+]. The number of hydrogen-bond donors (Lipinski definition) is 0. The third kappa shape index (κ3) is 18.3. The molecule has 0 aliphatic rings. The standard InChI is InChI=1S/C27H44O7S.Na/c1-2-3-4-5-6-7-8-9-10-11-12-13-16-21-33-26(28)24-19-14-15-20-25(24)27(29)34-22-17-18-23-35(30,31)32;/h14-15,19-20H,2-13,16-18,21-23H2,1H3,(H,30,31,32);/q;+1/p-1. The van der Waals surface area contributed by atoms with Gasteiger partial charge in [-0.15, -0.1) is 0 Å². The second-order valence-corrected chi connectivity index (χ2v) is 10.6. The van der Waals surface area contributed by atoms with E-state index in [1.165, 1.54) is 76.3 Å². The van der Waals surface area contributed by atoms with Crippen LogP contribution in [0.3, 0.4) is 0 Å². The number of rotatable bonds is 21. The molecule has 0 heterocycles. The Bertz CT molecular complexity index is 827. The van der Waals surface area contributed by atoms with E-state index in [-0.39, 0.29) is 60.1 Å². The van der Waals surface area contributed by atoms with E-state index in [9.17, 15) is 22.6 Å². The van der Waals surface area contributed by atoms with Crippen molar-refractivity contribution in [1.82, 2.24) is 0 Å². The third-order valence-electron chi connectivity index (χ3n) is 5.87. The largest absolute Gasteiger partial charge is 1.00 e. The zero-order valence-electron chi connectivity index (χ0n) is 22.3. The van der Waals surface area contributed by atoms with Gasteiger partial charge >= 0.3 is 41.5 Å². The summed E-state index contributed by atoms with van der Waals surface area (Å²) in [4.78, 5) is 24.8. The minimum atomic E-state index is -4.27. The number of unbranched alkanes of at least 4 members (excludes halogenated alkanes) is 13. The fourth-order valence-electron chi connectivity index (χ4n) is 3.83. The fourth-order valence-corrected chi connectivity index (χ4v) is 4.38. The number of benzene rings is 1. The van der Waals surface area contributed by atoms with Gasteiger partial charge < -0.3 is 14.0 Å². The number of hydrogen-bond acceptors (Lipinski definition) is 7. The van der Waals surface area contributed by atoms with Crippen molar-refractivity contribution < 1.29 is 61.6 Å². The molecule has 200 valence electrons. The Morgan fingerprint density at radius 2 is 1.03 bits per heavy atom. The van der Waals surface area contributed by atoms with Crippen molar-refractivity contribution in [2.24, 2.45) is 0 Å². The van der Waals surface area contributed by atoms with Crippen molar-refractivity contribution in [1.29, 1.82) is 0 Å². The number of ether oxygens (including phenoxy) is 2. The van der Waals surface area contributed by atoms with E-state index in [1.54, 1.807) is 12.1 Å². The zero-order chi connectivity index (χ0) is 25.8. The maximum Gasteiger partial charge on any atom is 1.00 e. The summed E-state index contributed by atoms with van der Waals surface area (Å²) < 4.78 is 42.3. The average Bonchev–Trinajstić information content (AvgIpc) is 2.83. The summed E-state index contributed by atoms with van der Waals surface area (Å²) in [6, 6.07) is 6.29. The van der Waals surface area contributed by atoms with Gasteiger partial charge in [-0.3, -0.25) is 0 Å². The molecule has 0 radical (unpaired) electrons. The van der Waals surface area contributed by atoms with Crippen LogP contribution >= 0.6 is 0 Å². The molecular weight excluding hydrogens is 491 g/mol. The Hall–Kier alpha value is -0.930. The average molecular weight is 535 g/mol. The molecule has 1 aromatic rings. The molecule has 0 saturated carbocycles. The van der Waals surface area contributed by atoms with E-state index in [0.29, 0.717) is 6.61 Å². The molecule has 0 atom stereocenters. The quantitative estimate of drug-likeness (QED) is 0.103. The van der Waals surface area contributed by atoms with Gasteiger partial charge in [0.2, 0.25) is 0 Å². The van der Waals surface area contributed by atoms with Crippen LogP contribution in [-0.4, -0.2) is 43.9 Å². The summed E-state index contributed by atoms with van der Waals surface area (Å²) in [5.74, 6) is -1.73. The van der Waals surface area contributed by atoms with E-state index in [2.05, 4.69) is 6.92 Å². The van der Waals surface area contributed by atoms with Crippen LogP contribution in [0.5, 0.6) is 0 Å². The second-order valence-electron chi connectivity index (χ2n) is 9.03. The van der Waals surface area contributed by atoms with Crippen molar-refractivity contribution in [2.45, 2.75) is 103 Å². The molecule has 1 rings (SSSR count). The summed E-state index contributed by atoms with van der Waals surface area (Å²) in [5.41, 5.74) is 0.258. The van der Waals surface area contributed by atoms with Crippen molar-refractivity contribution in [3.8, 4) is 0 Å². The van der Waals surface area contributed by atoms with Gasteiger partial charge in [0.05, 0.1) is 34.5 Å². The number of carbonyl (C=O) groups is 2. The third-order valence-corrected chi connectivity index (χ3v) is 6.66. The minimum Gasteiger partial charge on any atom is -0.748 e. The summed E-state index contributed by atoms with van der Waals surface area (Å²) in [6.07, 6.45) is 16.5. The molecule has 0 aliphatic heterocycles. The first-order valence-electron chi connectivity index (χ1n) is 13.2. The Balaban J connectivity index is 0.0000122. The van der Waals surface area contributed by atoms with E-state index in [4.69, 9.17) is 9.47 Å². The molecule has 0 aromatic heterocycles. The molecule has 0 bridgehead atoms. The van der Waals surface area contributed by atoms with E-state index in [1.807, 2.05) is 0 Å². The first-order chi connectivity index (χ1) is 16.8. The van der Waals surface area contributed by atoms with Gasteiger partial charge in [-0.05, 0) is 31.4 Å². The molecule has 1 aromatic carbocycles. The van der Waals surface area contributed by atoms with Gasteiger partial charge in [0.25, 0.3) is 0 Å². The van der Waals surface area contributed by atoms with E-state index < -0.39 is 27.8 Å². The molecule has 0 aliphatic carbocycles. The summed E-state index contributed by atoms with van der Waals surface area (Å²) in [7, 11) is -4.27.